The Hall–Kier alpha value is -4.67. The Kier molecular flexibility index (Phi) is 7.89. The first-order chi connectivity index (χ1) is 20.4. The smallest absolute Gasteiger partial charge is 0.354 e. The molecule has 0 aliphatic carbocycles. The average molecular weight is 574 g/mol. The van der Waals surface area contributed by atoms with Gasteiger partial charge in [0.25, 0.3) is 0 Å². The van der Waals surface area contributed by atoms with E-state index >= 15 is 0 Å². The van der Waals surface area contributed by atoms with Crippen molar-refractivity contribution in [3.63, 3.8) is 0 Å². The number of nitrogens with zero attached hydrogens (tertiary/aromatic N) is 7. The summed E-state index contributed by atoms with van der Waals surface area (Å²) in [5.41, 5.74) is 1.62. The lowest BCUT2D eigenvalue weighted by Gasteiger charge is -2.32. The van der Waals surface area contributed by atoms with Crippen LogP contribution < -0.4 is 9.47 Å². The van der Waals surface area contributed by atoms with E-state index in [1.54, 1.807) is 18.3 Å². The highest BCUT2D eigenvalue weighted by molar-refractivity contribution is 5.90. The van der Waals surface area contributed by atoms with Crippen LogP contribution in [0.1, 0.15) is 47.0 Å². The molecule has 6 rings (SSSR count). The van der Waals surface area contributed by atoms with Crippen molar-refractivity contribution in [1.29, 1.82) is 5.26 Å². The van der Waals surface area contributed by atoms with Gasteiger partial charge < -0.3 is 23.9 Å². The largest absolute Gasteiger partial charge is 0.483 e. The molecule has 1 unspecified atom stereocenters. The van der Waals surface area contributed by atoms with Gasteiger partial charge in [-0.3, -0.25) is 4.90 Å². The van der Waals surface area contributed by atoms with Crippen LogP contribution in [-0.4, -0.2) is 72.4 Å². The number of aromatic carboxylic acids is 1. The van der Waals surface area contributed by atoms with Crippen molar-refractivity contribution < 1.29 is 28.5 Å². The topological polar surface area (TPSA) is 149 Å². The van der Waals surface area contributed by atoms with Crippen LogP contribution in [0, 0.1) is 17.1 Å². The number of aromatic nitrogens is 5. The maximum atomic E-state index is 14.1. The van der Waals surface area contributed by atoms with E-state index in [-0.39, 0.29) is 35.8 Å². The summed E-state index contributed by atoms with van der Waals surface area (Å²) in [6.07, 6.45) is 5.67. The summed E-state index contributed by atoms with van der Waals surface area (Å²) in [4.78, 5) is 31.2. The van der Waals surface area contributed by atoms with Crippen molar-refractivity contribution in [3.05, 3.63) is 71.4 Å². The third-order valence-electron chi connectivity index (χ3n) is 7.40. The monoisotopic (exact) mass is 573 g/mol. The lowest BCUT2D eigenvalue weighted by atomic mass is 10.1. The van der Waals surface area contributed by atoms with Gasteiger partial charge in [0, 0.05) is 32.0 Å². The Labute approximate surface area is 240 Å². The van der Waals surface area contributed by atoms with Gasteiger partial charge in [-0.15, -0.1) is 0 Å². The van der Waals surface area contributed by atoms with Crippen molar-refractivity contribution in [2.45, 2.75) is 51.2 Å². The summed E-state index contributed by atoms with van der Waals surface area (Å²) in [5.74, 6) is -0.0551. The highest BCUT2D eigenvalue weighted by Crippen LogP contribution is 2.25. The number of carboxylic acids is 1. The van der Waals surface area contributed by atoms with Crippen LogP contribution in [0.4, 0.5) is 4.39 Å². The molecule has 0 spiro atoms. The third kappa shape index (κ3) is 6.14. The SMILES string of the molecule is N#Cc1ccc(OCc2nccc(OC3CCN(Cc4nc5cnc(C(=O)O)cc5n4CC4CCO4)CC3)n2)c(F)c1. The fourth-order valence-corrected chi connectivity index (χ4v) is 5.05. The molecule has 2 fully saturated rings. The Morgan fingerprint density at radius 1 is 1.17 bits per heavy atom. The molecule has 3 aromatic heterocycles. The normalized spacial score (nSPS) is 17.5. The zero-order valence-corrected chi connectivity index (χ0v) is 22.6. The van der Waals surface area contributed by atoms with Gasteiger partial charge >= 0.3 is 5.97 Å². The van der Waals surface area contributed by atoms with E-state index < -0.39 is 11.8 Å². The second kappa shape index (κ2) is 12.1. The van der Waals surface area contributed by atoms with E-state index in [1.807, 2.05) is 6.07 Å². The van der Waals surface area contributed by atoms with E-state index in [1.165, 1.54) is 18.3 Å². The first kappa shape index (κ1) is 27.5. The van der Waals surface area contributed by atoms with Crippen LogP contribution in [0.2, 0.25) is 0 Å². The third-order valence-corrected chi connectivity index (χ3v) is 7.40. The zero-order chi connectivity index (χ0) is 29.1. The number of nitriles is 1. The van der Waals surface area contributed by atoms with Gasteiger partial charge in [0.15, 0.2) is 17.4 Å². The Bertz CT molecular complexity index is 1640. The van der Waals surface area contributed by atoms with Crippen LogP contribution in [0.15, 0.2) is 42.7 Å². The number of hydrogen-bond donors (Lipinski definition) is 1. The van der Waals surface area contributed by atoms with Gasteiger partial charge in [0.2, 0.25) is 5.88 Å². The van der Waals surface area contributed by atoms with Gasteiger partial charge in [-0.1, -0.05) is 0 Å². The van der Waals surface area contributed by atoms with Crippen LogP contribution in [0.25, 0.3) is 11.0 Å². The number of pyridine rings is 1. The van der Waals surface area contributed by atoms with Crippen molar-refractivity contribution in [2.75, 3.05) is 19.7 Å². The summed E-state index contributed by atoms with van der Waals surface area (Å²) in [6.45, 7) is 3.48. The second-order valence-electron chi connectivity index (χ2n) is 10.2. The van der Waals surface area contributed by atoms with Gasteiger partial charge in [0.1, 0.15) is 29.7 Å². The molecule has 2 aliphatic rings. The predicted octanol–water partition coefficient (Wildman–Crippen LogP) is 3.34. The molecular weight excluding hydrogens is 545 g/mol. The van der Waals surface area contributed by atoms with Gasteiger partial charge in [-0.25, -0.2) is 24.1 Å². The van der Waals surface area contributed by atoms with Crippen LogP contribution in [0.5, 0.6) is 11.6 Å². The average Bonchev–Trinajstić information content (AvgIpc) is 3.31. The van der Waals surface area contributed by atoms with Gasteiger partial charge in [0.05, 0.1) is 42.5 Å². The van der Waals surface area contributed by atoms with Crippen molar-refractivity contribution in [2.24, 2.45) is 0 Å². The molecule has 216 valence electrons. The summed E-state index contributed by atoms with van der Waals surface area (Å²) < 4.78 is 33.5. The van der Waals surface area contributed by atoms with Crippen LogP contribution in [-0.2, 0) is 24.4 Å². The molecule has 0 radical (unpaired) electrons. The number of carboxylic acid groups (broad SMARTS) is 1. The first-order valence-electron chi connectivity index (χ1n) is 13.7. The number of benzene rings is 1. The molecule has 0 saturated carbocycles. The summed E-state index contributed by atoms with van der Waals surface area (Å²) in [7, 11) is 0. The number of imidazole rings is 1. The number of fused-ring (bicyclic) bond motifs is 1. The molecule has 2 saturated heterocycles. The van der Waals surface area contributed by atoms with Gasteiger partial charge in [-0.2, -0.15) is 10.2 Å². The van der Waals surface area contributed by atoms with Crippen LogP contribution >= 0.6 is 0 Å². The minimum Gasteiger partial charge on any atom is -0.483 e. The number of halogens is 1. The standard InChI is InChI=1S/C29H28FN7O5/c30-21-11-18(13-31)1-2-25(21)41-17-26-32-7-3-28(35-26)42-19-4-8-36(9-5-19)16-27-34-23-14-33-22(29(38)39)12-24(23)37(27)15-20-6-10-40-20/h1-3,7,11-12,14,19-20H,4-6,8-10,15-17H2,(H,38,39). The molecule has 1 N–H and O–H groups in total. The van der Waals surface area contributed by atoms with Crippen molar-refractivity contribution >= 4 is 17.0 Å². The maximum absolute atomic E-state index is 14.1. The van der Waals surface area contributed by atoms with E-state index in [0.29, 0.717) is 30.3 Å². The summed E-state index contributed by atoms with van der Waals surface area (Å²) in [5, 5.41) is 18.3. The first-order valence-corrected chi connectivity index (χ1v) is 13.7. The van der Waals surface area contributed by atoms with Crippen molar-refractivity contribution in [3.8, 4) is 17.7 Å². The predicted molar refractivity (Wildman–Crippen MR) is 145 cm³/mol. The molecule has 0 amide bonds. The number of hydrogen-bond acceptors (Lipinski definition) is 10. The molecule has 4 aromatic rings. The van der Waals surface area contributed by atoms with E-state index in [4.69, 9.17) is 24.5 Å². The van der Waals surface area contributed by atoms with Crippen molar-refractivity contribution in [1.82, 2.24) is 29.4 Å². The van der Waals surface area contributed by atoms with E-state index in [2.05, 4.69) is 24.4 Å². The molecule has 2 aliphatic heterocycles. The minimum absolute atomic E-state index is 0.0106. The number of likely N-dealkylation sites (tertiary alicyclic amines) is 1. The second-order valence-corrected chi connectivity index (χ2v) is 10.2. The Balaban J connectivity index is 1.06. The highest BCUT2D eigenvalue weighted by atomic mass is 19.1. The molecule has 12 nitrogen and oxygen atoms in total. The molecule has 5 heterocycles. The summed E-state index contributed by atoms with van der Waals surface area (Å²) >= 11 is 0. The fourth-order valence-electron chi connectivity index (χ4n) is 5.05. The lowest BCUT2D eigenvalue weighted by Crippen LogP contribution is -2.39. The minimum atomic E-state index is -1.07. The number of ether oxygens (including phenoxy) is 3. The lowest BCUT2D eigenvalue weighted by molar-refractivity contribution is -0.0592. The number of carbonyl (C=O) groups is 1. The van der Waals surface area contributed by atoms with E-state index in [0.717, 1.165) is 56.4 Å². The molecule has 42 heavy (non-hydrogen) atoms. The fraction of sp³-hybridized carbons (Fsp3) is 0.379. The quantitative estimate of drug-likeness (QED) is 0.298. The summed E-state index contributed by atoms with van der Waals surface area (Å²) in [6, 6.07) is 9.15. The van der Waals surface area contributed by atoms with E-state index in [9.17, 15) is 14.3 Å². The van der Waals surface area contributed by atoms with Crippen LogP contribution in [0.3, 0.4) is 0 Å². The number of rotatable bonds is 10. The zero-order valence-electron chi connectivity index (χ0n) is 22.6. The Morgan fingerprint density at radius 3 is 2.71 bits per heavy atom. The maximum Gasteiger partial charge on any atom is 0.354 e. The number of piperidine rings is 1. The molecule has 0 bridgehead atoms. The molecule has 13 heteroatoms. The highest BCUT2D eigenvalue weighted by Gasteiger charge is 2.26. The molecule has 1 aromatic carbocycles. The molecular formula is C29H28FN7O5. The van der Waals surface area contributed by atoms with Gasteiger partial charge in [-0.05, 0) is 43.5 Å². The Morgan fingerprint density at radius 2 is 2.00 bits per heavy atom. The molecule has 1 atom stereocenters.